The summed E-state index contributed by atoms with van der Waals surface area (Å²) in [4.78, 5) is 13.7. The van der Waals surface area contributed by atoms with Crippen molar-refractivity contribution in [1.29, 1.82) is 0 Å². The monoisotopic (exact) mass is 238 g/mol. The summed E-state index contributed by atoms with van der Waals surface area (Å²) in [7, 11) is 1.35. The molecule has 0 unspecified atom stereocenters. The predicted molar refractivity (Wildman–Crippen MR) is 53.6 cm³/mol. The zero-order chi connectivity index (χ0) is 9.68. The van der Waals surface area contributed by atoms with Gasteiger partial charge in [-0.05, 0) is 23.0 Å². The van der Waals surface area contributed by atoms with E-state index < -0.39 is 0 Å². The molecular weight excluding hydrogens is 232 g/mol. The zero-order valence-corrected chi connectivity index (χ0v) is 8.59. The maximum atomic E-state index is 11.1. The zero-order valence-electron chi connectivity index (χ0n) is 7.00. The lowest BCUT2D eigenvalue weighted by Crippen LogP contribution is -2.00. The third-order valence-corrected chi connectivity index (χ3v) is 1.67. The summed E-state index contributed by atoms with van der Waals surface area (Å²) in [6.45, 7) is 0. The van der Waals surface area contributed by atoms with Crippen LogP contribution in [0.2, 0.25) is 0 Å². The number of rotatable bonds is 1. The highest BCUT2D eigenvalue weighted by molar-refractivity contribution is 9.12. The van der Waals surface area contributed by atoms with Gasteiger partial charge in [-0.1, -0.05) is 12.0 Å². The maximum Gasteiger partial charge on any atom is 0.337 e. The highest BCUT2D eigenvalue weighted by Gasteiger charge is 2.03. The van der Waals surface area contributed by atoms with Gasteiger partial charge in [0.2, 0.25) is 0 Å². The fourth-order valence-electron chi connectivity index (χ4n) is 0.896. The molecule has 0 aliphatic rings. The smallest absolute Gasteiger partial charge is 0.337 e. The van der Waals surface area contributed by atoms with Crippen LogP contribution in [0.15, 0.2) is 24.3 Å². The first kappa shape index (κ1) is 9.82. The molecule has 0 spiro atoms. The molecule has 0 aliphatic heterocycles. The van der Waals surface area contributed by atoms with Gasteiger partial charge in [0.15, 0.2) is 0 Å². The van der Waals surface area contributed by atoms with Gasteiger partial charge < -0.3 is 4.74 Å². The van der Waals surface area contributed by atoms with Crippen LogP contribution in [0.5, 0.6) is 0 Å². The summed E-state index contributed by atoms with van der Waals surface area (Å²) in [5.41, 5.74) is 1.29. The van der Waals surface area contributed by atoms with Crippen molar-refractivity contribution >= 4 is 21.9 Å². The van der Waals surface area contributed by atoms with E-state index in [0.717, 1.165) is 5.56 Å². The Hall–Kier alpha value is -1.27. The largest absolute Gasteiger partial charge is 0.465 e. The summed E-state index contributed by atoms with van der Waals surface area (Å²) >= 11 is 2.99. The molecule has 0 heterocycles. The molecule has 0 amide bonds. The topological polar surface area (TPSA) is 26.3 Å². The molecule has 0 saturated heterocycles. The Morgan fingerprint density at radius 3 is 2.92 bits per heavy atom. The minimum absolute atomic E-state index is 0.349. The third-order valence-electron chi connectivity index (χ3n) is 1.48. The number of hydrogen-bond donors (Lipinski definition) is 0. The Morgan fingerprint density at radius 1 is 1.54 bits per heavy atom. The quantitative estimate of drug-likeness (QED) is 0.554. The van der Waals surface area contributed by atoms with Crippen molar-refractivity contribution < 1.29 is 9.53 Å². The molecular formula is C10H7BrO2. The lowest BCUT2D eigenvalue weighted by atomic mass is 10.1. The molecule has 0 aromatic heterocycles. The van der Waals surface area contributed by atoms with Gasteiger partial charge in [0.1, 0.15) is 0 Å². The van der Waals surface area contributed by atoms with Gasteiger partial charge in [0.25, 0.3) is 0 Å². The molecule has 0 saturated carbocycles. The molecule has 1 aromatic carbocycles. The lowest BCUT2D eigenvalue weighted by molar-refractivity contribution is 0.0600. The van der Waals surface area contributed by atoms with Gasteiger partial charge in [-0.2, -0.15) is 0 Å². The van der Waals surface area contributed by atoms with Crippen LogP contribution in [0.4, 0.5) is 0 Å². The van der Waals surface area contributed by atoms with Crippen molar-refractivity contribution in [3.05, 3.63) is 35.4 Å². The maximum absolute atomic E-state index is 11.1. The van der Waals surface area contributed by atoms with Crippen LogP contribution in [0.3, 0.4) is 0 Å². The van der Waals surface area contributed by atoms with Crippen LogP contribution in [-0.4, -0.2) is 13.1 Å². The Bertz CT molecular complexity index is 374. The van der Waals surface area contributed by atoms with Crippen molar-refractivity contribution in [3.63, 3.8) is 0 Å². The Balaban J connectivity index is 3.02. The number of hydrogen-bond acceptors (Lipinski definition) is 2. The van der Waals surface area contributed by atoms with Crippen LogP contribution in [0.25, 0.3) is 0 Å². The fourth-order valence-corrected chi connectivity index (χ4v) is 1.13. The van der Waals surface area contributed by atoms with E-state index in [4.69, 9.17) is 0 Å². The number of benzene rings is 1. The van der Waals surface area contributed by atoms with Crippen molar-refractivity contribution in [1.82, 2.24) is 0 Å². The Kier molecular flexibility index (Phi) is 3.53. The first-order chi connectivity index (χ1) is 6.27. The van der Waals surface area contributed by atoms with Crippen molar-refractivity contribution in [2.45, 2.75) is 0 Å². The van der Waals surface area contributed by atoms with E-state index in [2.05, 4.69) is 31.4 Å². The molecule has 0 aliphatic carbocycles. The number of methoxy groups -OCH3 is 1. The predicted octanol–water partition coefficient (Wildman–Crippen LogP) is 2.18. The average Bonchev–Trinajstić information content (AvgIpc) is 2.18. The van der Waals surface area contributed by atoms with E-state index in [1.807, 2.05) is 6.07 Å². The molecule has 1 aromatic rings. The van der Waals surface area contributed by atoms with Gasteiger partial charge in [0, 0.05) is 21.5 Å². The minimum atomic E-state index is -0.349. The number of ether oxygens (including phenoxy) is 1. The Labute approximate surface area is 85.0 Å². The first-order valence-electron chi connectivity index (χ1n) is 3.58. The van der Waals surface area contributed by atoms with Crippen molar-refractivity contribution in [3.8, 4) is 10.8 Å². The molecule has 0 bridgehead atoms. The van der Waals surface area contributed by atoms with E-state index in [9.17, 15) is 4.79 Å². The van der Waals surface area contributed by atoms with Gasteiger partial charge in [-0.25, -0.2) is 4.79 Å². The van der Waals surface area contributed by atoms with Crippen molar-refractivity contribution in [2.24, 2.45) is 0 Å². The number of esters is 1. The number of carbonyl (C=O) groups is 1. The van der Waals surface area contributed by atoms with E-state index >= 15 is 0 Å². The number of halogens is 1. The van der Waals surface area contributed by atoms with Crippen LogP contribution in [-0.2, 0) is 4.74 Å². The van der Waals surface area contributed by atoms with Gasteiger partial charge in [-0.15, -0.1) is 0 Å². The first-order valence-corrected chi connectivity index (χ1v) is 4.37. The standard InChI is InChI=1S/C10H7BrO2/c1-13-10(12)9-4-2-3-8(7-9)5-6-11/h2-4,7H,1H3. The molecule has 66 valence electrons. The molecule has 2 nitrogen and oxygen atoms in total. The van der Waals surface area contributed by atoms with Crippen molar-refractivity contribution in [2.75, 3.05) is 7.11 Å². The van der Waals surface area contributed by atoms with Gasteiger partial charge >= 0.3 is 5.97 Å². The summed E-state index contributed by atoms with van der Waals surface area (Å²) in [5, 5.41) is 0. The Morgan fingerprint density at radius 2 is 2.31 bits per heavy atom. The van der Waals surface area contributed by atoms with Crippen LogP contribution < -0.4 is 0 Å². The molecule has 0 N–H and O–H groups in total. The summed E-state index contributed by atoms with van der Waals surface area (Å²) in [6.07, 6.45) is 0. The van der Waals surface area contributed by atoms with Gasteiger partial charge in [0.05, 0.1) is 12.7 Å². The van der Waals surface area contributed by atoms with Crippen LogP contribution in [0.1, 0.15) is 15.9 Å². The fraction of sp³-hybridized carbons (Fsp3) is 0.100. The molecule has 1 rings (SSSR count). The average molecular weight is 239 g/mol. The summed E-state index contributed by atoms with van der Waals surface area (Å²) in [6, 6.07) is 6.95. The summed E-state index contributed by atoms with van der Waals surface area (Å²) < 4.78 is 4.57. The normalized spacial score (nSPS) is 8.46. The molecule has 13 heavy (non-hydrogen) atoms. The lowest BCUT2D eigenvalue weighted by Gasteiger charge is -1.98. The van der Waals surface area contributed by atoms with E-state index in [1.165, 1.54) is 7.11 Å². The molecule has 3 heteroatoms. The molecule has 0 atom stereocenters. The molecule has 0 radical (unpaired) electrons. The minimum Gasteiger partial charge on any atom is -0.465 e. The highest BCUT2D eigenvalue weighted by atomic mass is 79.9. The highest BCUT2D eigenvalue weighted by Crippen LogP contribution is 2.05. The second kappa shape index (κ2) is 4.68. The van der Waals surface area contributed by atoms with E-state index in [0.29, 0.717) is 5.56 Å². The van der Waals surface area contributed by atoms with Crippen LogP contribution in [0, 0.1) is 10.8 Å². The molecule has 0 fully saturated rings. The number of carbonyl (C=O) groups excluding carboxylic acids is 1. The second-order valence-electron chi connectivity index (χ2n) is 2.29. The van der Waals surface area contributed by atoms with E-state index in [-0.39, 0.29) is 5.97 Å². The second-order valence-corrected chi connectivity index (χ2v) is 2.69. The SMILES string of the molecule is COC(=O)c1cccc(C#CBr)c1. The third kappa shape index (κ3) is 2.60. The van der Waals surface area contributed by atoms with Crippen LogP contribution >= 0.6 is 15.9 Å². The van der Waals surface area contributed by atoms with E-state index in [1.54, 1.807) is 18.2 Å². The van der Waals surface area contributed by atoms with Gasteiger partial charge in [-0.3, -0.25) is 0 Å². The summed E-state index contributed by atoms with van der Waals surface area (Å²) in [5.74, 6) is 2.44.